The number of aliphatic carboxylic acids is 1. The molecule has 1 aromatic rings. The number of carboxylic acid groups (broad SMARTS) is 1. The summed E-state index contributed by atoms with van der Waals surface area (Å²) in [5, 5.41) is 17.8. The Labute approximate surface area is 123 Å². The van der Waals surface area contributed by atoms with Crippen LogP contribution in [0.5, 0.6) is 0 Å². The second kappa shape index (κ2) is 5.84. The summed E-state index contributed by atoms with van der Waals surface area (Å²) in [6, 6.07) is 6.29. The number of nitrogens with zero attached hydrogens (tertiary/aromatic N) is 2. The molecule has 0 heterocycles. The molecule has 0 spiro atoms. The van der Waals surface area contributed by atoms with E-state index in [2.05, 4.69) is 0 Å². The number of benzene rings is 1. The Kier molecular flexibility index (Phi) is 4.30. The van der Waals surface area contributed by atoms with E-state index in [0.29, 0.717) is 5.56 Å². The summed E-state index contributed by atoms with van der Waals surface area (Å²) in [5.41, 5.74) is 0.737. The van der Waals surface area contributed by atoms with Gasteiger partial charge in [0.2, 0.25) is 10.0 Å². The Morgan fingerprint density at radius 1 is 1.48 bits per heavy atom. The van der Waals surface area contributed by atoms with Crippen LogP contribution in [0.25, 0.3) is 0 Å². The first-order valence-corrected chi connectivity index (χ1v) is 8.01. The normalized spacial score (nSPS) is 14.9. The fourth-order valence-corrected chi connectivity index (χ4v) is 3.79. The highest BCUT2D eigenvalue weighted by atomic mass is 32.2. The van der Waals surface area contributed by atoms with Crippen molar-refractivity contribution in [3.8, 4) is 6.07 Å². The SMILES string of the molecule is Cc1ccc(C#N)cc1S(=O)(=O)N(CC(=O)O)CC1CC1. The molecular formula is C14H16N2O4S. The largest absolute Gasteiger partial charge is 0.480 e. The maximum absolute atomic E-state index is 12.7. The average Bonchev–Trinajstić information content (AvgIpc) is 3.22. The van der Waals surface area contributed by atoms with Crippen LogP contribution in [0, 0.1) is 24.2 Å². The predicted molar refractivity (Wildman–Crippen MR) is 75.0 cm³/mol. The van der Waals surface area contributed by atoms with E-state index < -0.39 is 22.5 Å². The van der Waals surface area contributed by atoms with Gasteiger partial charge in [0.25, 0.3) is 0 Å². The lowest BCUT2D eigenvalue weighted by Crippen LogP contribution is -2.37. The van der Waals surface area contributed by atoms with Gasteiger partial charge in [-0.15, -0.1) is 0 Å². The molecule has 6 nitrogen and oxygen atoms in total. The maximum atomic E-state index is 12.7. The number of carbonyl (C=O) groups is 1. The quantitative estimate of drug-likeness (QED) is 0.855. The van der Waals surface area contributed by atoms with Crippen molar-refractivity contribution in [2.75, 3.05) is 13.1 Å². The van der Waals surface area contributed by atoms with Crippen molar-refractivity contribution in [1.82, 2.24) is 4.31 Å². The minimum absolute atomic E-state index is 0.00319. The number of nitriles is 1. The molecule has 0 atom stereocenters. The van der Waals surface area contributed by atoms with Crippen LogP contribution in [-0.4, -0.2) is 36.9 Å². The van der Waals surface area contributed by atoms with Gasteiger partial charge in [0.05, 0.1) is 16.5 Å². The second-order valence-electron chi connectivity index (χ2n) is 5.23. The third kappa shape index (κ3) is 3.60. The summed E-state index contributed by atoms with van der Waals surface area (Å²) in [7, 11) is -3.91. The van der Waals surface area contributed by atoms with Crippen LogP contribution in [0.2, 0.25) is 0 Å². The van der Waals surface area contributed by atoms with Crippen molar-refractivity contribution in [1.29, 1.82) is 5.26 Å². The van der Waals surface area contributed by atoms with Gasteiger partial charge in [-0.1, -0.05) is 6.07 Å². The van der Waals surface area contributed by atoms with E-state index in [4.69, 9.17) is 10.4 Å². The van der Waals surface area contributed by atoms with Crippen molar-refractivity contribution < 1.29 is 18.3 Å². The van der Waals surface area contributed by atoms with Crippen LogP contribution in [0.15, 0.2) is 23.1 Å². The van der Waals surface area contributed by atoms with Crippen LogP contribution < -0.4 is 0 Å². The molecule has 0 saturated heterocycles. The molecule has 0 bridgehead atoms. The minimum Gasteiger partial charge on any atom is -0.480 e. The van der Waals surface area contributed by atoms with E-state index in [1.54, 1.807) is 13.0 Å². The molecule has 1 aliphatic rings. The van der Waals surface area contributed by atoms with Gasteiger partial charge in [-0.3, -0.25) is 4.79 Å². The van der Waals surface area contributed by atoms with Crippen LogP contribution >= 0.6 is 0 Å². The summed E-state index contributed by atoms with van der Waals surface area (Å²) in [6.07, 6.45) is 1.84. The molecule has 0 amide bonds. The zero-order valence-electron chi connectivity index (χ0n) is 11.6. The highest BCUT2D eigenvalue weighted by Gasteiger charge is 2.33. The highest BCUT2D eigenvalue weighted by Crippen LogP contribution is 2.32. The topological polar surface area (TPSA) is 98.5 Å². The van der Waals surface area contributed by atoms with Gasteiger partial charge in [0.15, 0.2) is 0 Å². The fraction of sp³-hybridized carbons (Fsp3) is 0.429. The molecule has 1 saturated carbocycles. The molecule has 7 heteroatoms. The summed E-state index contributed by atoms with van der Waals surface area (Å²) >= 11 is 0. The van der Waals surface area contributed by atoms with Crippen LogP contribution in [-0.2, 0) is 14.8 Å². The molecule has 0 unspecified atom stereocenters. The maximum Gasteiger partial charge on any atom is 0.318 e. The first-order chi connectivity index (χ1) is 9.84. The lowest BCUT2D eigenvalue weighted by atomic mass is 10.2. The van der Waals surface area contributed by atoms with E-state index in [9.17, 15) is 13.2 Å². The van der Waals surface area contributed by atoms with Gasteiger partial charge in [-0.05, 0) is 43.4 Å². The number of carboxylic acids is 1. The molecule has 0 aliphatic heterocycles. The van der Waals surface area contributed by atoms with Crippen molar-refractivity contribution >= 4 is 16.0 Å². The third-order valence-corrected chi connectivity index (χ3v) is 5.36. The third-order valence-electron chi connectivity index (χ3n) is 3.41. The number of aryl methyl sites for hydroxylation is 1. The summed E-state index contributed by atoms with van der Waals surface area (Å²) < 4.78 is 26.3. The van der Waals surface area contributed by atoms with Gasteiger partial charge in [0.1, 0.15) is 6.54 Å². The minimum atomic E-state index is -3.91. The lowest BCUT2D eigenvalue weighted by molar-refractivity contribution is -0.137. The zero-order valence-corrected chi connectivity index (χ0v) is 12.4. The first-order valence-electron chi connectivity index (χ1n) is 6.57. The van der Waals surface area contributed by atoms with Crippen LogP contribution in [0.1, 0.15) is 24.0 Å². The molecule has 1 aliphatic carbocycles. The van der Waals surface area contributed by atoms with Crippen molar-refractivity contribution in [3.05, 3.63) is 29.3 Å². The van der Waals surface area contributed by atoms with Crippen molar-refractivity contribution in [2.45, 2.75) is 24.7 Å². The van der Waals surface area contributed by atoms with Gasteiger partial charge >= 0.3 is 5.97 Å². The lowest BCUT2D eigenvalue weighted by Gasteiger charge is -2.21. The van der Waals surface area contributed by atoms with Crippen LogP contribution in [0.4, 0.5) is 0 Å². The summed E-state index contributed by atoms with van der Waals surface area (Å²) in [4.78, 5) is 10.9. The van der Waals surface area contributed by atoms with E-state index in [0.717, 1.165) is 17.1 Å². The van der Waals surface area contributed by atoms with E-state index >= 15 is 0 Å². The molecule has 1 aromatic carbocycles. The number of sulfonamides is 1. The molecule has 21 heavy (non-hydrogen) atoms. The molecular weight excluding hydrogens is 292 g/mol. The smallest absolute Gasteiger partial charge is 0.318 e. The Morgan fingerprint density at radius 2 is 2.14 bits per heavy atom. The van der Waals surface area contributed by atoms with Gasteiger partial charge < -0.3 is 5.11 Å². The monoisotopic (exact) mass is 308 g/mol. The van der Waals surface area contributed by atoms with Gasteiger partial charge in [-0.25, -0.2) is 8.42 Å². The van der Waals surface area contributed by atoms with Gasteiger partial charge in [-0.2, -0.15) is 9.57 Å². The Balaban J connectivity index is 2.41. The zero-order chi connectivity index (χ0) is 15.6. The number of rotatable bonds is 6. The Hall–Kier alpha value is -1.91. The Morgan fingerprint density at radius 3 is 2.67 bits per heavy atom. The van der Waals surface area contributed by atoms with E-state index in [1.165, 1.54) is 12.1 Å². The molecule has 1 N–H and O–H groups in total. The number of hydrogen-bond donors (Lipinski definition) is 1. The molecule has 0 aromatic heterocycles. The summed E-state index contributed by atoms with van der Waals surface area (Å²) in [5.74, 6) is -0.952. The second-order valence-corrected chi connectivity index (χ2v) is 7.13. The van der Waals surface area contributed by atoms with E-state index in [-0.39, 0.29) is 22.9 Å². The Bertz CT molecular complexity index is 702. The first kappa shape index (κ1) is 15.5. The summed E-state index contributed by atoms with van der Waals surface area (Å²) in [6.45, 7) is 1.28. The highest BCUT2D eigenvalue weighted by molar-refractivity contribution is 7.89. The molecule has 0 radical (unpaired) electrons. The van der Waals surface area contributed by atoms with Crippen LogP contribution in [0.3, 0.4) is 0 Å². The molecule has 2 rings (SSSR count). The van der Waals surface area contributed by atoms with E-state index in [1.807, 2.05) is 6.07 Å². The number of hydrogen-bond acceptors (Lipinski definition) is 4. The fourth-order valence-electron chi connectivity index (χ4n) is 2.07. The standard InChI is InChI=1S/C14H16N2O4S/c1-10-2-3-12(7-15)6-13(10)21(19,20)16(9-14(17)18)8-11-4-5-11/h2-3,6,11H,4-5,8-9H2,1H3,(H,17,18). The predicted octanol–water partition coefficient (Wildman–Crippen LogP) is 1.35. The molecule has 112 valence electrons. The molecule has 1 fully saturated rings. The van der Waals surface area contributed by atoms with Crippen molar-refractivity contribution in [3.63, 3.8) is 0 Å². The van der Waals surface area contributed by atoms with Gasteiger partial charge in [0, 0.05) is 6.54 Å². The van der Waals surface area contributed by atoms with Crippen molar-refractivity contribution in [2.24, 2.45) is 5.92 Å². The average molecular weight is 308 g/mol.